The third-order valence-electron chi connectivity index (χ3n) is 1.53. The van der Waals surface area contributed by atoms with Crippen LogP contribution in [0.5, 0.6) is 0 Å². The van der Waals surface area contributed by atoms with Gasteiger partial charge in [-0.1, -0.05) is 0 Å². The van der Waals surface area contributed by atoms with Crippen LogP contribution in [0.2, 0.25) is 0 Å². The van der Waals surface area contributed by atoms with Crippen molar-refractivity contribution in [2.24, 2.45) is 0 Å². The lowest BCUT2D eigenvalue weighted by molar-refractivity contribution is 0.593. The molecule has 0 heterocycles. The highest BCUT2D eigenvalue weighted by Crippen LogP contribution is 2.19. The Morgan fingerprint density at radius 1 is 1.43 bits per heavy atom. The summed E-state index contributed by atoms with van der Waals surface area (Å²) in [6.45, 7) is 0. The zero-order valence-corrected chi connectivity index (χ0v) is 8.23. The third-order valence-corrected chi connectivity index (χ3v) is 2.55. The van der Waals surface area contributed by atoms with Crippen LogP contribution in [-0.4, -0.2) is 15.5 Å². The summed E-state index contributed by atoms with van der Waals surface area (Å²) in [7, 11) is -2.42. The van der Waals surface area contributed by atoms with Crippen molar-refractivity contribution in [2.75, 3.05) is 17.5 Å². The van der Waals surface area contributed by atoms with Crippen LogP contribution in [0, 0.1) is 5.82 Å². The Bertz CT molecular complexity index is 433. The molecule has 7 heteroatoms. The number of nitrogens with one attached hydrogen (secondary N) is 2. The zero-order chi connectivity index (χ0) is 10.8. The molecule has 0 unspecified atom stereocenters. The second kappa shape index (κ2) is 3.81. The fourth-order valence-electron chi connectivity index (χ4n) is 0.813. The van der Waals surface area contributed by atoms with Gasteiger partial charge in [0.2, 0.25) is 0 Å². The molecule has 0 fully saturated rings. The number of hydrogen-bond acceptors (Lipinski definition) is 3. The molecule has 1 aromatic rings. The molecule has 14 heavy (non-hydrogen) atoms. The SMILES string of the molecule is CNS(=O)(=O)Nc1cc(F)ccc1N. The number of hydrogen-bond donors (Lipinski definition) is 3. The Labute approximate surface area is 81.3 Å². The monoisotopic (exact) mass is 219 g/mol. The van der Waals surface area contributed by atoms with E-state index in [4.69, 9.17) is 5.73 Å². The predicted molar refractivity (Wildman–Crippen MR) is 52.4 cm³/mol. The number of anilines is 2. The van der Waals surface area contributed by atoms with Crippen LogP contribution < -0.4 is 15.2 Å². The fourth-order valence-corrected chi connectivity index (χ4v) is 1.38. The van der Waals surface area contributed by atoms with Crippen molar-refractivity contribution >= 4 is 21.6 Å². The lowest BCUT2D eigenvalue weighted by atomic mass is 10.3. The van der Waals surface area contributed by atoms with Gasteiger partial charge in [-0.25, -0.2) is 9.11 Å². The van der Waals surface area contributed by atoms with E-state index in [-0.39, 0.29) is 11.4 Å². The number of halogens is 1. The molecule has 0 aromatic heterocycles. The maximum absolute atomic E-state index is 12.7. The molecule has 0 radical (unpaired) electrons. The molecule has 0 aliphatic rings. The normalized spacial score (nSPS) is 11.3. The first-order valence-electron chi connectivity index (χ1n) is 3.71. The van der Waals surface area contributed by atoms with E-state index in [9.17, 15) is 12.8 Å². The van der Waals surface area contributed by atoms with Gasteiger partial charge in [0.05, 0.1) is 11.4 Å². The van der Waals surface area contributed by atoms with Crippen molar-refractivity contribution in [3.63, 3.8) is 0 Å². The maximum atomic E-state index is 12.7. The van der Waals surface area contributed by atoms with E-state index in [0.717, 1.165) is 12.1 Å². The van der Waals surface area contributed by atoms with Gasteiger partial charge in [0.15, 0.2) is 0 Å². The quantitative estimate of drug-likeness (QED) is 0.638. The van der Waals surface area contributed by atoms with Gasteiger partial charge >= 0.3 is 0 Å². The van der Waals surface area contributed by atoms with Gasteiger partial charge in [-0.05, 0) is 12.1 Å². The van der Waals surface area contributed by atoms with Crippen molar-refractivity contribution in [1.29, 1.82) is 0 Å². The predicted octanol–water partition coefficient (Wildman–Crippen LogP) is 0.284. The molecular weight excluding hydrogens is 209 g/mol. The summed E-state index contributed by atoms with van der Waals surface area (Å²) in [4.78, 5) is 0. The minimum Gasteiger partial charge on any atom is -0.397 e. The number of benzene rings is 1. The Hall–Kier alpha value is -1.34. The maximum Gasteiger partial charge on any atom is 0.298 e. The lowest BCUT2D eigenvalue weighted by Crippen LogP contribution is -2.26. The Morgan fingerprint density at radius 2 is 2.07 bits per heavy atom. The van der Waals surface area contributed by atoms with Crippen molar-refractivity contribution in [2.45, 2.75) is 0 Å². The van der Waals surface area contributed by atoms with Crippen molar-refractivity contribution in [3.05, 3.63) is 24.0 Å². The van der Waals surface area contributed by atoms with Gasteiger partial charge in [-0.15, -0.1) is 0 Å². The molecule has 0 saturated carbocycles. The Kier molecular flexibility index (Phi) is 2.92. The third kappa shape index (κ3) is 2.57. The summed E-state index contributed by atoms with van der Waals surface area (Å²) < 4.78 is 38.9. The molecule has 0 aliphatic carbocycles. The summed E-state index contributed by atoms with van der Waals surface area (Å²) >= 11 is 0. The van der Waals surface area contributed by atoms with Gasteiger partial charge in [0, 0.05) is 13.1 Å². The molecule has 0 saturated heterocycles. The Morgan fingerprint density at radius 3 is 2.64 bits per heavy atom. The summed E-state index contributed by atoms with van der Waals surface area (Å²) in [5, 5.41) is 0. The molecule has 4 N–H and O–H groups in total. The molecular formula is C7H10FN3O2S. The first kappa shape index (κ1) is 10.7. The van der Waals surface area contributed by atoms with E-state index in [2.05, 4.69) is 4.72 Å². The van der Waals surface area contributed by atoms with Crippen LogP contribution in [0.25, 0.3) is 0 Å². The summed E-state index contributed by atoms with van der Waals surface area (Å²) in [6.07, 6.45) is 0. The van der Waals surface area contributed by atoms with E-state index in [0.29, 0.717) is 0 Å². The largest absolute Gasteiger partial charge is 0.397 e. The van der Waals surface area contributed by atoms with Crippen molar-refractivity contribution in [1.82, 2.24) is 4.72 Å². The van der Waals surface area contributed by atoms with Gasteiger partial charge in [0.1, 0.15) is 5.82 Å². The fraction of sp³-hybridized carbons (Fsp3) is 0.143. The molecule has 1 aromatic carbocycles. The van der Waals surface area contributed by atoms with Gasteiger partial charge < -0.3 is 5.73 Å². The summed E-state index contributed by atoms with van der Waals surface area (Å²) in [5.41, 5.74) is 5.60. The number of nitrogens with two attached hydrogens (primary N) is 1. The van der Waals surface area contributed by atoms with Crippen LogP contribution in [-0.2, 0) is 10.2 Å². The van der Waals surface area contributed by atoms with Crippen LogP contribution in [0.3, 0.4) is 0 Å². The average molecular weight is 219 g/mol. The van der Waals surface area contributed by atoms with E-state index < -0.39 is 16.0 Å². The van der Waals surface area contributed by atoms with Crippen LogP contribution in [0.15, 0.2) is 18.2 Å². The Balaban J connectivity index is 3.03. The highest BCUT2D eigenvalue weighted by Gasteiger charge is 2.09. The van der Waals surface area contributed by atoms with Gasteiger partial charge in [-0.3, -0.25) is 4.72 Å². The topological polar surface area (TPSA) is 84.2 Å². The minimum atomic E-state index is -3.66. The molecule has 0 atom stereocenters. The van der Waals surface area contributed by atoms with Crippen molar-refractivity contribution in [3.8, 4) is 0 Å². The molecule has 5 nitrogen and oxygen atoms in total. The van der Waals surface area contributed by atoms with E-state index in [1.54, 1.807) is 0 Å². The smallest absolute Gasteiger partial charge is 0.298 e. The molecule has 0 aliphatic heterocycles. The van der Waals surface area contributed by atoms with Crippen molar-refractivity contribution < 1.29 is 12.8 Å². The van der Waals surface area contributed by atoms with Crippen LogP contribution in [0.1, 0.15) is 0 Å². The second-order valence-corrected chi connectivity index (χ2v) is 4.16. The molecule has 1 rings (SSSR count). The summed E-state index contributed by atoms with van der Waals surface area (Å²) in [5.74, 6) is -0.562. The van der Waals surface area contributed by atoms with Gasteiger partial charge in [0.25, 0.3) is 10.2 Å². The molecule has 0 amide bonds. The van der Waals surface area contributed by atoms with E-state index >= 15 is 0 Å². The highest BCUT2D eigenvalue weighted by molar-refractivity contribution is 7.90. The highest BCUT2D eigenvalue weighted by atomic mass is 32.2. The lowest BCUT2D eigenvalue weighted by Gasteiger charge is -2.08. The first-order valence-corrected chi connectivity index (χ1v) is 5.19. The van der Waals surface area contributed by atoms with Gasteiger partial charge in [-0.2, -0.15) is 8.42 Å². The number of nitrogen functional groups attached to an aromatic ring is 1. The second-order valence-electron chi connectivity index (χ2n) is 2.54. The standard InChI is InChI=1S/C7H10FN3O2S/c1-10-14(12,13)11-7-4-5(8)2-3-6(7)9/h2-4,10-11H,9H2,1H3. The minimum absolute atomic E-state index is 0.0133. The zero-order valence-electron chi connectivity index (χ0n) is 7.41. The van der Waals surface area contributed by atoms with Crippen LogP contribution >= 0.6 is 0 Å². The van der Waals surface area contributed by atoms with Crippen LogP contribution in [0.4, 0.5) is 15.8 Å². The molecule has 0 spiro atoms. The number of rotatable bonds is 3. The van der Waals surface area contributed by atoms with E-state index in [1.807, 2.05) is 4.72 Å². The van der Waals surface area contributed by atoms with E-state index in [1.165, 1.54) is 13.1 Å². The molecule has 0 bridgehead atoms. The molecule has 78 valence electrons. The summed E-state index contributed by atoms with van der Waals surface area (Å²) in [6, 6.07) is 3.43. The first-order chi connectivity index (χ1) is 6.44. The average Bonchev–Trinajstić information content (AvgIpc) is 2.11.